The Hall–Kier alpha value is -0.770. The molecule has 1 aromatic heterocycles. The van der Waals surface area contributed by atoms with Crippen LogP contribution in [-0.4, -0.2) is 16.1 Å². The van der Waals surface area contributed by atoms with Crippen molar-refractivity contribution in [2.75, 3.05) is 5.88 Å². The highest BCUT2D eigenvalue weighted by Crippen LogP contribution is 2.29. The van der Waals surface area contributed by atoms with Gasteiger partial charge in [-0.1, -0.05) is 23.2 Å². The van der Waals surface area contributed by atoms with Crippen LogP contribution in [0.1, 0.15) is 5.89 Å². The minimum Gasteiger partial charge on any atom is -0.421 e. The summed E-state index contributed by atoms with van der Waals surface area (Å²) in [5.41, 5.74) is 0.627. The van der Waals surface area contributed by atoms with Crippen molar-refractivity contribution in [3.8, 4) is 11.5 Å². The smallest absolute Gasteiger partial charge is 0.249 e. The van der Waals surface area contributed by atoms with Gasteiger partial charge in [-0.3, -0.25) is 0 Å². The van der Waals surface area contributed by atoms with Gasteiger partial charge in [0.2, 0.25) is 11.8 Å². The molecule has 6 heteroatoms. The number of aromatic nitrogens is 2. The van der Waals surface area contributed by atoms with Crippen molar-refractivity contribution in [3.63, 3.8) is 0 Å². The molecule has 3 nitrogen and oxygen atoms in total. The number of benzene rings is 1. The molecular weight excluding hydrogens is 270 g/mol. The Morgan fingerprint density at radius 2 is 2.00 bits per heavy atom. The molecule has 0 saturated heterocycles. The molecule has 0 radical (unpaired) electrons. The fraction of sp³-hybridized carbons (Fsp3) is 0.200. The zero-order valence-corrected chi connectivity index (χ0v) is 10.4. The van der Waals surface area contributed by atoms with Crippen LogP contribution < -0.4 is 0 Å². The Morgan fingerprint density at radius 1 is 1.19 bits per heavy atom. The Morgan fingerprint density at radius 3 is 2.75 bits per heavy atom. The summed E-state index contributed by atoms with van der Waals surface area (Å²) >= 11 is 17.4. The van der Waals surface area contributed by atoms with Crippen molar-refractivity contribution in [1.82, 2.24) is 10.2 Å². The topological polar surface area (TPSA) is 38.9 Å². The van der Waals surface area contributed by atoms with E-state index in [1.54, 1.807) is 18.2 Å². The number of hydrogen-bond donors (Lipinski definition) is 0. The maximum Gasteiger partial charge on any atom is 0.249 e. The highest BCUT2D eigenvalue weighted by atomic mass is 35.5. The Bertz CT molecular complexity index is 499. The van der Waals surface area contributed by atoms with Crippen LogP contribution in [0.4, 0.5) is 0 Å². The summed E-state index contributed by atoms with van der Waals surface area (Å²) < 4.78 is 5.40. The van der Waals surface area contributed by atoms with Crippen LogP contribution in [0.3, 0.4) is 0 Å². The molecule has 0 saturated carbocycles. The van der Waals surface area contributed by atoms with Gasteiger partial charge in [-0.25, -0.2) is 0 Å². The van der Waals surface area contributed by atoms with Gasteiger partial charge in [0.1, 0.15) is 0 Å². The van der Waals surface area contributed by atoms with Crippen LogP contribution >= 0.6 is 34.8 Å². The van der Waals surface area contributed by atoms with Crippen LogP contribution in [-0.2, 0) is 6.42 Å². The van der Waals surface area contributed by atoms with Crippen molar-refractivity contribution in [3.05, 3.63) is 34.1 Å². The van der Waals surface area contributed by atoms with Crippen LogP contribution in [0.15, 0.2) is 22.6 Å². The number of rotatable bonds is 3. The maximum atomic E-state index is 6.00. The zero-order valence-electron chi connectivity index (χ0n) is 8.08. The van der Waals surface area contributed by atoms with E-state index in [1.165, 1.54) is 0 Å². The third kappa shape index (κ3) is 2.48. The van der Waals surface area contributed by atoms with E-state index in [0.29, 0.717) is 39.7 Å². The second kappa shape index (κ2) is 5.04. The van der Waals surface area contributed by atoms with Crippen LogP contribution in [0.5, 0.6) is 0 Å². The van der Waals surface area contributed by atoms with Crippen molar-refractivity contribution in [2.45, 2.75) is 6.42 Å². The Balaban J connectivity index is 2.38. The van der Waals surface area contributed by atoms with Gasteiger partial charge in [-0.15, -0.1) is 21.8 Å². The molecule has 0 unspecified atom stereocenters. The molecular formula is C10H7Cl3N2O. The number of halogens is 3. The number of aryl methyl sites for hydroxylation is 1. The van der Waals surface area contributed by atoms with Gasteiger partial charge in [0, 0.05) is 17.3 Å². The molecule has 2 rings (SSSR count). The van der Waals surface area contributed by atoms with Gasteiger partial charge in [0.25, 0.3) is 0 Å². The standard InChI is InChI=1S/C10H7Cl3N2O/c11-4-3-9-14-15-10(16-9)7-5-6(12)1-2-8(7)13/h1-2,5H,3-4H2. The summed E-state index contributed by atoms with van der Waals surface area (Å²) in [4.78, 5) is 0. The fourth-order valence-corrected chi connectivity index (χ4v) is 1.74. The molecule has 1 aromatic carbocycles. The average molecular weight is 278 g/mol. The second-order valence-corrected chi connectivity index (χ2v) is 4.29. The van der Waals surface area contributed by atoms with E-state index in [2.05, 4.69) is 10.2 Å². The van der Waals surface area contributed by atoms with Gasteiger partial charge in [0.05, 0.1) is 10.6 Å². The highest BCUT2D eigenvalue weighted by molar-refractivity contribution is 6.35. The largest absolute Gasteiger partial charge is 0.421 e. The normalized spacial score (nSPS) is 10.7. The minimum atomic E-state index is 0.354. The predicted octanol–water partition coefficient (Wildman–Crippen LogP) is 3.82. The van der Waals surface area contributed by atoms with E-state index in [0.717, 1.165) is 0 Å². The molecule has 84 valence electrons. The lowest BCUT2D eigenvalue weighted by Gasteiger charge is -1.98. The molecule has 0 amide bonds. The molecule has 0 aliphatic heterocycles. The van der Waals surface area contributed by atoms with E-state index < -0.39 is 0 Å². The average Bonchev–Trinajstić information content (AvgIpc) is 2.71. The summed E-state index contributed by atoms with van der Waals surface area (Å²) in [6, 6.07) is 5.07. The first-order chi connectivity index (χ1) is 7.70. The summed E-state index contributed by atoms with van der Waals surface area (Å²) in [5.74, 6) is 1.28. The van der Waals surface area contributed by atoms with E-state index in [9.17, 15) is 0 Å². The lowest BCUT2D eigenvalue weighted by molar-refractivity contribution is 0.514. The Kier molecular flexibility index (Phi) is 3.69. The second-order valence-electron chi connectivity index (χ2n) is 3.06. The quantitative estimate of drug-likeness (QED) is 0.801. The number of hydrogen-bond acceptors (Lipinski definition) is 3. The highest BCUT2D eigenvalue weighted by Gasteiger charge is 2.12. The van der Waals surface area contributed by atoms with E-state index in [1.807, 2.05) is 0 Å². The van der Waals surface area contributed by atoms with Crippen molar-refractivity contribution in [2.24, 2.45) is 0 Å². The number of alkyl halides is 1. The fourth-order valence-electron chi connectivity index (χ4n) is 1.21. The predicted molar refractivity (Wildman–Crippen MR) is 64.2 cm³/mol. The van der Waals surface area contributed by atoms with E-state index in [4.69, 9.17) is 39.2 Å². The molecule has 0 fully saturated rings. The molecule has 1 heterocycles. The van der Waals surface area contributed by atoms with E-state index >= 15 is 0 Å². The SMILES string of the molecule is ClCCc1nnc(-c2cc(Cl)ccc2Cl)o1. The van der Waals surface area contributed by atoms with Crippen molar-refractivity contribution >= 4 is 34.8 Å². The first kappa shape index (κ1) is 11.7. The van der Waals surface area contributed by atoms with Crippen molar-refractivity contribution in [1.29, 1.82) is 0 Å². The summed E-state index contributed by atoms with van der Waals surface area (Å²) in [5, 5.41) is 8.82. The number of nitrogens with zero attached hydrogens (tertiary/aromatic N) is 2. The van der Waals surface area contributed by atoms with Crippen LogP contribution in [0.25, 0.3) is 11.5 Å². The molecule has 0 N–H and O–H groups in total. The molecule has 0 spiro atoms. The van der Waals surface area contributed by atoms with Gasteiger partial charge >= 0.3 is 0 Å². The van der Waals surface area contributed by atoms with E-state index in [-0.39, 0.29) is 0 Å². The molecule has 0 aliphatic carbocycles. The molecule has 0 atom stereocenters. The summed E-state index contributed by atoms with van der Waals surface area (Å²) in [7, 11) is 0. The third-order valence-corrected chi connectivity index (χ3v) is 2.69. The zero-order chi connectivity index (χ0) is 11.5. The molecule has 0 aliphatic rings. The van der Waals surface area contributed by atoms with Gasteiger partial charge in [-0.05, 0) is 18.2 Å². The maximum absolute atomic E-state index is 6.00. The van der Waals surface area contributed by atoms with Gasteiger partial charge in [-0.2, -0.15) is 0 Å². The first-order valence-corrected chi connectivity index (χ1v) is 5.83. The summed E-state index contributed by atoms with van der Waals surface area (Å²) in [6.07, 6.45) is 0.534. The van der Waals surface area contributed by atoms with Crippen LogP contribution in [0, 0.1) is 0 Å². The monoisotopic (exact) mass is 276 g/mol. The third-order valence-electron chi connectivity index (χ3n) is 1.93. The lowest BCUT2D eigenvalue weighted by atomic mass is 10.2. The van der Waals surface area contributed by atoms with Crippen molar-refractivity contribution < 1.29 is 4.42 Å². The summed E-state index contributed by atoms with van der Waals surface area (Å²) in [6.45, 7) is 0. The lowest BCUT2D eigenvalue weighted by Crippen LogP contribution is -1.84. The van der Waals surface area contributed by atoms with Crippen LogP contribution in [0.2, 0.25) is 10.0 Å². The molecule has 16 heavy (non-hydrogen) atoms. The minimum absolute atomic E-state index is 0.354. The first-order valence-electron chi connectivity index (χ1n) is 4.54. The molecule has 2 aromatic rings. The van der Waals surface area contributed by atoms with Gasteiger partial charge < -0.3 is 4.42 Å². The Labute approximate surface area is 107 Å². The molecule has 0 bridgehead atoms. The van der Waals surface area contributed by atoms with Gasteiger partial charge in [0.15, 0.2) is 0 Å².